The van der Waals surface area contributed by atoms with Crippen LogP contribution in [0.4, 0.5) is 5.69 Å². The molecule has 1 N–H and O–H groups in total. The molecule has 6 heteroatoms. The first kappa shape index (κ1) is 16.1. The Morgan fingerprint density at radius 3 is 2.50 bits per heavy atom. The van der Waals surface area contributed by atoms with Crippen molar-refractivity contribution in [3.05, 3.63) is 98.3 Å². The lowest BCUT2D eigenvalue weighted by molar-refractivity contribution is 0.0986. The normalized spacial score (nSPS) is 15.7. The number of nitrogens with zero attached hydrogens (tertiary/aromatic N) is 2. The van der Waals surface area contributed by atoms with Crippen LogP contribution in [0.5, 0.6) is 0 Å². The summed E-state index contributed by atoms with van der Waals surface area (Å²) in [7, 11) is 1.35. The summed E-state index contributed by atoms with van der Waals surface area (Å²) in [6.07, 6.45) is 1.20. The Labute approximate surface area is 149 Å². The van der Waals surface area contributed by atoms with E-state index in [2.05, 4.69) is 4.98 Å². The highest BCUT2D eigenvalue weighted by molar-refractivity contribution is 6.07. The fraction of sp³-hybridized carbons (Fsp3) is 0.150. The number of benzene rings is 2. The van der Waals surface area contributed by atoms with E-state index in [1.807, 2.05) is 54.6 Å². The summed E-state index contributed by atoms with van der Waals surface area (Å²) < 4.78 is 0.907. The SMILES string of the molecule is Cn1c(=O)[nH]cc(C(=O)N2C[C@@H](c3ccccc3)c3ccccc32)c1=O. The van der Waals surface area contributed by atoms with E-state index in [1.165, 1.54) is 13.2 Å². The molecule has 0 radical (unpaired) electrons. The van der Waals surface area contributed by atoms with Gasteiger partial charge in [-0.3, -0.25) is 14.2 Å². The lowest BCUT2D eigenvalue weighted by Gasteiger charge is -2.18. The molecule has 6 nitrogen and oxygen atoms in total. The summed E-state index contributed by atoms with van der Waals surface area (Å²) in [6, 6.07) is 17.7. The first-order valence-electron chi connectivity index (χ1n) is 8.32. The monoisotopic (exact) mass is 347 g/mol. The Hall–Kier alpha value is -3.41. The summed E-state index contributed by atoms with van der Waals surface area (Å²) in [5.74, 6) is -0.365. The molecular formula is C20H17N3O3. The quantitative estimate of drug-likeness (QED) is 0.769. The molecule has 130 valence electrons. The van der Waals surface area contributed by atoms with Gasteiger partial charge in [-0.05, 0) is 17.2 Å². The van der Waals surface area contributed by atoms with Crippen LogP contribution in [0.25, 0.3) is 0 Å². The van der Waals surface area contributed by atoms with Gasteiger partial charge in [0.2, 0.25) is 0 Å². The zero-order valence-electron chi connectivity index (χ0n) is 14.2. The third-order valence-electron chi connectivity index (χ3n) is 4.83. The molecular weight excluding hydrogens is 330 g/mol. The molecule has 1 aromatic heterocycles. The van der Waals surface area contributed by atoms with Crippen LogP contribution >= 0.6 is 0 Å². The summed E-state index contributed by atoms with van der Waals surface area (Å²) in [6.45, 7) is 0.449. The largest absolute Gasteiger partial charge is 0.328 e. The molecule has 26 heavy (non-hydrogen) atoms. The second kappa shape index (κ2) is 6.15. The topological polar surface area (TPSA) is 75.2 Å². The van der Waals surface area contributed by atoms with Crippen molar-refractivity contribution < 1.29 is 4.79 Å². The number of fused-ring (bicyclic) bond motifs is 1. The van der Waals surface area contributed by atoms with Gasteiger partial charge in [0, 0.05) is 31.4 Å². The second-order valence-corrected chi connectivity index (χ2v) is 6.31. The van der Waals surface area contributed by atoms with Gasteiger partial charge in [-0.15, -0.1) is 0 Å². The van der Waals surface area contributed by atoms with Crippen molar-refractivity contribution >= 4 is 11.6 Å². The summed E-state index contributed by atoms with van der Waals surface area (Å²) in [4.78, 5) is 41.0. The van der Waals surface area contributed by atoms with E-state index in [-0.39, 0.29) is 11.5 Å². The highest BCUT2D eigenvalue weighted by Crippen LogP contribution is 2.40. The maximum Gasteiger partial charge on any atom is 0.328 e. The number of para-hydroxylation sites is 1. The van der Waals surface area contributed by atoms with Crippen molar-refractivity contribution in [2.24, 2.45) is 7.05 Å². The number of rotatable bonds is 2. The minimum Gasteiger partial charge on any atom is -0.313 e. The number of hydrogen-bond donors (Lipinski definition) is 1. The molecule has 0 saturated carbocycles. The first-order valence-corrected chi connectivity index (χ1v) is 8.32. The zero-order chi connectivity index (χ0) is 18.3. The van der Waals surface area contributed by atoms with Gasteiger partial charge in [0.25, 0.3) is 11.5 Å². The molecule has 0 unspecified atom stereocenters. The maximum atomic E-state index is 13.1. The van der Waals surface area contributed by atoms with Crippen molar-refractivity contribution in [2.75, 3.05) is 11.4 Å². The van der Waals surface area contributed by atoms with Crippen LogP contribution in [0.2, 0.25) is 0 Å². The zero-order valence-corrected chi connectivity index (χ0v) is 14.2. The van der Waals surface area contributed by atoms with Gasteiger partial charge < -0.3 is 9.88 Å². The van der Waals surface area contributed by atoms with Crippen LogP contribution < -0.4 is 16.1 Å². The molecule has 2 aromatic carbocycles. The minimum absolute atomic E-state index is 0.0444. The molecule has 3 aromatic rings. The number of carbonyl (C=O) groups is 1. The molecule has 1 amide bonds. The molecule has 0 bridgehead atoms. The third-order valence-corrected chi connectivity index (χ3v) is 4.83. The lowest BCUT2D eigenvalue weighted by atomic mass is 9.93. The number of hydrogen-bond acceptors (Lipinski definition) is 3. The number of amides is 1. The average molecular weight is 347 g/mol. The Balaban J connectivity index is 1.79. The second-order valence-electron chi connectivity index (χ2n) is 6.31. The van der Waals surface area contributed by atoms with Gasteiger partial charge >= 0.3 is 5.69 Å². The molecule has 0 spiro atoms. The van der Waals surface area contributed by atoms with Crippen molar-refractivity contribution in [3.8, 4) is 0 Å². The number of nitrogens with one attached hydrogen (secondary N) is 1. The van der Waals surface area contributed by atoms with E-state index in [4.69, 9.17) is 0 Å². The molecule has 0 saturated heterocycles. The van der Waals surface area contributed by atoms with Gasteiger partial charge in [-0.25, -0.2) is 4.79 Å². The highest BCUT2D eigenvalue weighted by atomic mass is 16.2. The third kappa shape index (κ3) is 2.47. The van der Waals surface area contributed by atoms with Gasteiger partial charge in [0.1, 0.15) is 5.56 Å². The molecule has 0 fully saturated rings. The van der Waals surface area contributed by atoms with E-state index < -0.39 is 17.2 Å². The van der Waals surface area contributed by atoms with E-state index >= 15 is 0 Å². The Bertz CT molecular complexity index is 1100. The van der Waals surface area contributed by atoms with Crippen molar-refractivity contribution in [3.63, 3.8) is 0 Å². The van der Waals surface area contributed by atoms with E-state index in [1.54, 1.807) is 4.90 Å². The Kier molecular flexibility index (Phi) is 3.80. The standard InChI is InChI=1S/C20H17N3O3/c1-22-18(24)15(11-21-20(22)26)19(25)23-12-16(13-7-3-2-4-8-13)14-9-5-6-10-17(14)23/h2-11,16H,12H2,1H3,(H,21,26)/t16-/m0/s1. The number of H-pyrrole nitrogens is 1. The predicted octanol–water partition coefficient (Wildman–Crippen LogP) is 1.87. The summed E-state index contributed by atoms with van der Waals surface area (Å²) in [5, 5.41) is 0. The van der Waals surface area contributed by atoms with Crippen LogP contribution in [-0.4, -0.2) is 22.0 Å². The van der Waals surface area contributed by atoms with Crippen LogP contribution in [0.1, 0.15) is 27.4 Å². The van der Waals surface area contributed by atoms with E-state index in [9.17, 15) is 14.4 Å². The Morgan fingerprint density at radius 2 is 1.73 bits per heavy atom. The van der Waals surface area contributed by atoms with E-state index in [0.29, 0.717) is 6.54 Å². The molecule has 1 aliphatic heterocycles. The number of aromatic amines is 1. The Morgan fingerprint density at radius 1 is 1.04 bits per heavy atom. The van der Waals surface area contributed by atoms with Gasteiger partial charge in [-0.1, -0.05) is 48.5 Å². The fourth-order valence-corrected chi connectivity index (χ4v) is 3.43. The first-order chi connectivity index (χ1) is 12.6. The molecule has 2 heterocycles. The average Bonchev–Trinajstić information content (AvgIpc) is 3.06. The van der Waals surface area contributed by atoms with Crippen molar-refractivity contribution in [1.82, 2.24) is 9.55 Å². The van der Waals surface area contributed by atoms with Crippen molar-refractivity contribution in [1.29, 1.82) is 0 Å². The molecule has 1 atom stereocenters. The number of carbonyl (C=O) groups excluding carboxylic acids is 1. The van der Waals surface area contributed by atoms with Gasteiger partial charge in [-0.2, -0.15) is 0 Å². The fourth-order valence-electron chi connectivity index (χ4n) is 3.43. The number of anilines is 1. The van der Waals surface area contributed by atoms with Crippen LogP contribution in [0.15, 0.2) is 70.4 Å². The van der Waals surface area contributed by atoms with E-state index in [0.717, 1.165) is 21.4 Å². The highest BCUT2D eigenvalue weighted by Gasteiger charge is 2.34. The smallest absolute Gasteiger partial charge is 0.313 e. The molecule has 4 rings (SSSR count). The summed E-state index contributed by atoms with van der Waals surface area (Å²) >= 11 is 0. The van der Waals surface area contributed by atoms with Crippen molar-refractivity contribution in [2.45, 2.75) is 5.92 Å². The van der Waals surface area contributed by atoms with Gasteiger partial charge in [0.15, 0.2) is 0 Å². The lowest BCUT2D eigenvalue weighted by Crippen LogP contribution is -2.40. The van der Waals surface area contributed by atoms with Crippen LogP contribution in [0, 0.1) is 0 Å². The summed E-state index contributed by atoms with van der Waals surface area (Å²) in [5.41, 5.74) is 1.77. The number of aromatic nitrogens is 2. The maximum absolute atomic E-state index is 13.1. The molecule has 1 aliphatic rings. The molecule has 0 aliphatic carbocycles. The van der Waals surface area contributed by atoms with Crippen LogP contribution in [-0.2, 0) is 7.05 Å². The van der Waals surface area contributed by atoms with Crippen LogP contribution in [0.3, 0.4) is 0 Å². The minimum atomic E-state index is -0.598. The van der Waals surface area contributed by atoms with Gasteiger partial charge in [0.05, 0.1) is 0 Å². The predicted molar refractivity (Wildman–Crippen MR) is 98.7 cm³/mol.